The Bertz CT molecular complexity index is 231. The molecule has 0 aromatic carbocycles. The zero-order valence-electron chi connectivity index (χ0n) is 9.49. The number of carboxylic acids is 1. The molecule has 0 saturated carbocycles. The molecule has 0 bridgehead atoms. The fourth-order valence-electron chi connectivity index (χ4n) is 1.12. The summed E-state index contributed by atoms with van der Waals surface area (Å²) < 4.78 is 0. The van der Waals surface area contributed by atoms with Crippen molar-refractivity contribution in [1.82, 2.24) is 5.32 Å². The van der Waals surface area contributed by atoms with Gasteiger partial charge in [-0.2, -0.15) is 0 Å². The maximum Gasteiger partial charge on any atom is 0.326 e. The van der Waals surface area contributed by atoms with Crippen LogP contribution in [-0.4, -0.2) is 29.1 Å². The van der Waals surface area contributed by atoms with E-state index >= 15 is 0 Å². The Labute approximate surface area is 90.0 Å². The Kier molecular flexibility index (Phi) is 5.93. The molecule has 4 N–H and O–H groups in total. The lowest BCUT2D eigenvalue weighted by molar-refractivity contribution is -0.142. The van der Waals surface area contributed by atoms with Gasteiger partial charge >= 0.3 is 5.97 Å². The van der Waals surface area contributed by atoms with Gasteiger partial charge in [0.1, 0.15) is 6.04 Å². The number of carbonyl (C=O) groups is 2. The monoisotopic (exact) mass is 216 g/mol. The largest absolute Gasteiger partial charge is 0.480 e. The second kappa shape index (κ2) is 6.40. The van der Waals surface area contributed by atoms with Gasteiger partial charge in [-0.3, -0.25) is 4.79 Å². The predicted octanol–water partition coefficient (Wildman–Crippen LogP) is 0.339. The molecule has 0 heterocycles. The lowest BCUT2D eigenvalue weighted by atomic mass is 9.99. The third-order valence-corrected chi connectivity index (χ3v) is 2.58. The fourth-order valence-corrected chi connectivity index (χ4v) is 1.12. The zero-order chi connectivity index (χ0) is 12.0. The van der Waals surface area contributed by atoms with Gasteiger partial charge in [0, 0.05) is 0 Å². The van der Waals surface area contributed by atoms with Gasteiger partial charge in [-0.25, -0.2) is 4.79 Å². The highest BCUT2D eigenvalue weighted by atomic mass is 16.4. The van der Waals surface area contributed by atoms with Crippen molar-refractivity contribution in [3.63, 3.8) is 0 Å². The van der Waals surface area contributed by atoms with Crippen molar-refractivity contribution in [2.24, 2.45) is 11.7 Å². The van der Waals surface area contributed by atoms with Gasteiger partial charge in [0.2, 0.25) is 5.91 Å². The number of rotatable bonds is 6. The van der Waals surface area contributed by atoms with Crippen molar-refractivity contribution >= 4 is 11.9 Å². The summed E-state index contributed by atoms with van der Waals surface area (Å²) in [5.74, 6) is -1.36. The van der Waals surface area contributed by atoms with Gasteiger partial charge in [0.05, 0.1) is 6.04 Å². The Morgan fingerprint density at radius 3 is 2.20 bits per heavy atom. The average molecular weight is 216 g/mol. The van der Waals surface area contributed by atoms with Gasteiger partial charge in [0.15, 0.2) is 0 Å². The molecule has 5 nitrogen and oxygen atoms in total. The van der Waals surface area contributed by atoms with Crippen LogP contribution < -0.4 is 11.1 Å². The van der Waals surface area contributed by atoms with Crippen molar-refractivity contribution in [1.29, 1.82) is 0 Å². The molecule has 88 valence electrons. The number of hydrogen-bond donors (Lipinski definition) is 3. The fraction of sp³-hybridized carbons (Fsp3) is 0.800. The van der Waals surface area contributed by atoms with Gasteiger partial charge < -0.3 is 16.2 Å². The Balaban J connectivity index is 4.28. The zero-order valence-corrected chi connectivity index (χ0v) is 9.49. The first-order valence-electron chi connectivity index (χ1n) is 5.22. The van der Waals surface area contributed by atoms with Crippen LogP contribution in [0.3, 0.4) is 0 Å². The summed E-state index contributed by atoms with van der Waals surface area (Å²) in [5.41, 5.74) is 5.67. The van der Waals surface area contributed by atoms with Crippen molar-refractivity contribution < 1.29 is 14.7 Å². The Morgan fingerprint density at radius 2 is 1.87 bits per heavy atom. The molecule has 0 radical (unpaired) electrons. The minimum absolute atomic E-state index is 0.0521. The van der Waals surface area contributed by atoms with Gasteiger partial charge in [-0.05, 0) is 12.3 Å². The van der Waals surface area contributed by atoms with Crippen LogP contribution in [-0.2, 0) is 9.59 Å². The molecule has 0 rings (SSSR count). The second-order valence-corrected chi connectivity index (χ2v) is 3.72. The van der Waals surface area contributed by atoms with Crippen LogP contribution in [0.4, 0.5) is 0 Å². The van der Waals surface area contributed by atoms with Crippen LogP contribution in [0.15, 0.2) is 0 Å². The van der Waals surface area contributed by atoms with E-state index in [1.54, 1.807) is 6.92 Å². The van der Waals surface area contributed by atoms with Crippen molar-refractivity contribution in [3.8, 4) is 0 Å². The quantitative estimate of drug-likeness (QED) is 0.597. The van der Waals surface area contributed by atoms with Crippen LogP contribution in [0, 0.1) is 5.92 Å². The van der Waals surface area contributed by atoms with E-state index in [9.17, 15) is 9.59 Å². The van der Waals surface area contributed by atoms with Crippen LogP contribution in [0.25, 0.3) is 0 Å². The highest BCUT2D eigenvalue weighted by Gasteiger charge is 2.24. The minimum Gasteiger partial charge on any atom is -0.480 e. The molecule has 0 aliphatic rings. The summed E-state index contributed by atoms with van der Waals surface area (Å²) in [4.78, 5) is 22.2. The molecule has 1 amide bonds. The number of hydrogen-bond acceptors (Lipinski definition) is 3. The van der Waals surface area contributed by atoms with Gasteiger partial charge in [0.25, 0.3) is 0 Å². The number of nitrogens with one attached hydrogen (secondary N) is 1. The minimum atomic E-state index is -1.03. The van der Waals surface area contributed by atoms with Crippen LogP contribution >= 0.6 is 0 Å². The van der Waals surface area contributed by atoms with E-state index in [-0.39, 0.29) is 5.92 Å². The van der Waals surface area contributed by atoms with E-state index in [4.69, 9.17) is 10.8 Å². The summed E-state index contributed by atoms with van der Waals surface area (Å²) in [6.45, 7) is 5.51. The molecule has 3 unspecified atom stereocenters. The molecular formula is C10H20N2O3. The summed E-state index contributed by atoms with van der Waals surface area (Å²) >= 11 is 0. The lowest BCUT2D eigenvalue weighted by Gasteiger charge is -2.20. The SMILES string of the molecule is CCC(NC(=O)C(N)C(C)CC)C(=O)O. The summed E-state index contributed by atoms with van der Waals surface area (Å²) in [5, 5.41) is 11.2. The maximum atomic E-state index is 11.5. The third-order valence-electron chi connectivity index (χ3n) is 2.58. The molecular weight excluding hydrogens is 196 g/mol. The normalized spacial score (nSPS) is 16.5. The van der Waals surface area contributed by atoms with E-state index in [1.807, 2.05) is 13.8 Å². The van der Waals surface area contributed by atoms with Crippen molar-refractivity contribution in [3.05, 3.63) is 0 Å². The third kappa shape index (κ3) is 4.29. The van der Waals surface area contributed by atoms with Gasteiger partial charge in [-0.1, -0.05) is 27.2 Å². The van der Waals surface area contributed by atoms with E-state index in [0.29, 0.717) is 6.42 Å². The number of nitrogens with two attached hydrogens (primary N) is 1. The van der Waals surface area contributed by atoms with E-state index < -0.39 is 24.0 Å². The van der Waals surface area contributed by atoms with E-state index in [2.05, 4.69) is 5.32 Å². The molecule has 0 spiro atoms. The van der Waals surface area contributed by atoms with E-state index in [1.165, 1.54) is 0 Å². The summed E-state index contributed by atoms with van der Waals surface area (Å²) in [6, 6.07) is -1.48. The first kappa shape index (κ1) is 13.9. The molecule has 0 saturated heterocycles. The number of carbonyl (C=O) groups excluding carboxylic acids is 1. The molecule has 3 atom stereocenters. The molecule has 5 heteroatoms. The van der Waals surface area contributed by atoms with Crippen molar-refractivity contribution in [2.75, 3.05) is 0 Å². The van der Waals surface area contributed by atoms with Crippen LogP contribution in [0.2, 0.25) is 0 Å². The van der Waals surface area contributed by atoms with Gasteiger partial charge in [-0.15, -0.1) is 0 Å². The lowest BCUT2D eigenvalue weighted by Crippen LogP contribution is -2.50. The van der Waals surface area contributed by atoms with Crippen LogP contribution in [0.5, 0.6) is 0 Å². The number of carboxylic acid groups (broad SMARTS) is 1. The molecule has 15 heavy (non-hydrogen) atoms. The first-order valence-corrected chi connectivity index (χ1v) is 5.22. The van der Waals surface area contributed by atoms with E-state index in [0.717, 1.165) is 6.42 Å². The smallest absolute Gasteiger partial charge is 0.326 e. The molecule has 0 fully saturated rings. The molecule has 0 aliphatic heterocycles. The predicted molar refractivity (Wildman–Crippen MR) is 57.3 cm³/mol. The molecule has 0 aromatic heterocycles. The van der Waals surface area contributed by atoms with Crippen molar-refractivity contribution in [2.45, 2.75) is 45.7 Å². The summed E-state index contributed by atoms with van der Waals surface area (Å²) in [6.07, 6.45) is 1.15. The molecule has 0 aromatic rings. The highest BCUT2D eigenvalue weighted by Crippen LogP contribution is 2.05. The Morgan fingerprint density at radius 1 is 1.33 bits per heavy atom. The summed E-state index contributed by atoms with van der Waals surface area (Å²) in [7, 11) is 0. The first-order chi connectivity index (χ1) is 6.93. The second-order valence-electron chi connectivity index (χ2n) is 3.72. The topological polar surface area (TPSA) is 92.4 Å². The maximum absolute atomic E-state index is 11.5. The van der Waals surface area contributed by atoms with Crippen LogP contribution in [0.1, 0.15) is 33.6 Å². The Hall–Kier alpha value is -1.10. The molecule has 0 aliphatic carbocycles. The standard InChI is InChI=1S/C10H20N2O3/c1-4-6(3)8(11)9(13)12-7(5-2)10(14)15/h6-8H,4-5,11H2,1-3H3,(H,12,13)(H,14,15). The number of aliphatic carboxylic acids is 1. The number of amides is 1. The highest BCUT2D eigenvalue weighted by molar-refractivity contribution is 5.86. The average Bonchev–Trinajstić information content (AvgIpc) is 2.22.